The monoisotopic (exact) mass is 341 g/mol. The van der Waals surface area contributed by atoms with Crippen molar-refractivity contribution in [3.63, 3.8) is 0 Å². The Morgan fingerprint density at radius 3 is 2.68 bits per heavy atom. The molecule has 0 saturated heterocycles. The molecule has 0 radical (unpaired) electrons. The van der Waals surface area contributed by atoms with Crippen LogP contribution in [-0.4, -0.2) is 6.54 Å². The van der Waals surface area contributed by atoms with Crippen LogP contribution in [-0.2, 0) is 0 Å². The number of thiophene rings is 1. The summed E-state index contributed by atoms with van der Waals surface area (Å²) >= 11 is 5.17. The molecule has 1 N–H and O–H groups in total. The number of hydrogen-bond donors (Lipinski definition) is 1. The van der Waals surface area contributed by atoms with Crippen molar-refractivity contribution in [2.75, 3.05) is 6.54 Å². The first-order chi connectivity index (χ1) is 9.13. The minimum absolute atomic E-state index is 0.0961. The van der Waals surface area contributed by atoms with Gasteiger partial charge in [0, 0.05) is 15.4 Å². The van der Waals surface area contributed by atoms with Crippen molar-refractivity contribution in [2.24, 2.45) is 0 Å². The van der Waals surface area contributed by atoms with Crippen molar-refractivity contribution in [3.8, 4) is 0 Å². The minimum Gasteiger partial charge on any atom is -0.306 e. The summed E-state index contributed by atoms with van der Waals surface area (Å²) in [4.78, 5) is 0. The molecule has 0 bridgehead atoms. The van der Waals surface area contributed by atoms with Gasteiger partial charge >= 0.3 is 0 Å². The highest BCUT2D eigenvalue weighted by Gasteiger charge is 2.20. The van der Waals surface area contributed by atoms with Crippen molar-refractivity contribution in [2.45, 2.75) is 26.3 Å². The van der Waals surface area contributed by atoms with Gasteiger partial charge in [0.15, 0.2) is 0 Å². The van der Waals surface area contributed by atoms with Crippen LogP contribution in [0.5, 0.6) is 0 Å². The third-order valence-corrected chi connectivity index (χ3v) is 4.77. The Kier molecular flexibility index (Phi) is 5.13. The van der Waals surface area contributed by atoms with Crippen LogP contribution in [0.3, 0.4) is 0 Å². The molecule has 102 valence electrons. The van der Waals surface area contributed by atoms with Gasteiger partial charge in [-0.25, -0.2) is 4.39 Å². The van der Waals surface area contributed by atoms with Crippen LogP contribution in [0.2, 0.25) is 0 Å². The van der Waals surface area contributed by atoms with Crippen LogP contribution in [0.4, 0.5) is 4.39 Å². The summed E-state index contributed by atoms with van der Waals surface area (Å²) in [5.41, 5.74) is 2.75. The van der Waals surface area contributed by atoms with E-state index < -0.39 is 0 Å². The molecule has 0 amide bonds. The summed E-state index contributed by atoms with van der Waals surface area (Å²) in [7, 11) is 0. The van der Waals surface area contributed by atoms with Crippen LogP contribution in [0.25, 0.3) is 0 Å². The van der Waals surface area contributed by atoms with E-state index in [4.69, 9.17) is 0 Å². The second-order valence-electron chi connectivity index (χ2n) is 4.59. The van der Waals surface area contributed by atoms with E-state index in [2.05, 4.69) is 33.6 Å². The van der Waals surface area contributed by atoms with E-state index in [0.717, 1.165) is 28.6 Å². The van der Waals surface area contributed by atoms with Crippen LogP contribution in [0.15, 0.2) is 33.4 Å². The van der Waals surface area contributed by atoms with Crippen LogP contribution in [0.1, 0.15) is 36.1 Å². The van der Waals surface area contributed by atoms with Gasteiger partial charge in [-0.1, -0.05) is 19.1 Å². The Bertz CT molecular complexity index is 553. The Balaban J connectivity index is 2.40. The van der Waals surface area contributed by atoms with E-state index in [1.54, 1.807) is 17.4 Å². The molecular weight excluding hydrogens is 325 g/mol. The van der Waals surface area contributed by atoms with Gasteiger partial charge in [-0.2, -0.15) is 11.3 Å². The Labute approximate surface area is 126 Å². The fraction of sp³-hybridized carbons (Fsp3) is 0.333. The molecule has 2 aromatic rings. The van der Waals surface area contributed by atoms with Gasteiger partial charge < -0.3 is 5.32 Å². The van der Waals surface area contributed by atoms with Crippen LogP contribution < -0.4 is 5.32 Å². The SMILES string of the molecule is CCCNC(c1ccc(C)cc1F)c1cscc1Br. The molecule has 0 spiro atoms. The van der Waals surface area contributed by atoms with Gasteiger partial charge in [-0.15, -0.1) is 0 Å². The predicted octanol–water partition coefficient (Wildman–Crippen LogP) is 5.05. The number of nitrogens with one attached hydrogen (secondary N) is 1. The van der Waals surface area contributed by atoms with E-state index in [-0.39, 0.29) is 11.9 Å². The molecule has 1 heterocycles. The Morgan fingerprint density at radius 1 is 1.32 bits per heavy atom. The lowest BCUT2D eigenvalue weighted by Gasteiger charge is -2.20. The highest BCUT2D eigenvalue weighted by atomic mass is 79.9. The molecule has 0 aliphatic heterocycles. The zero-order valence-electron chi connectivity index (χ0n) is 11.0. The topological polar surface area (TPSA) is 12.0 Å². The minimum atomic E-state index is -0.147. The van der Waals surface area contributed by atoms with E-state index in [9.17, 15) is 4.39 Å². The summed E-state index contributed by atoms with van der Waals surface area (Å²) in [5.74, 6) is -0.147. The van der Waals surface area contributed by atoms with E-state index in [0.29, 0.717) is 5.56 Å². The number of benzene rings is 1. The maximum Gasteiger partial charge on any atom is 0.128 e. The van der Waals surface area contributed by atoms with Gasteiger partial charge in [0.05, 0.1) is 6.04 Å². The van der Waals surface area contributed by atoms with Crippen molar-refractivity contribution < 1.29 is 4.39 Å². The summed E-state index contributed by atoms with van der Waals surface area (Å²) in [5, 5.41) is 7.52. The zero-order chi connectivity index (χ0) is 13.8. The van der Waals surface area contributed by atoms with Crippen molar-refractivity contribution in [1.82, 2.24) is 5.32 Å². The van der Waals surface area contributed by atoms with E-state index >= 15 is 0 Å². The summed E-state index contributed by atoms with van der Waals surface area (Å²) < 4.78 is 15.2. The highest BCUT2D eigenvalue weighted by Crippen LogP contribution is 2.33. The molecule has 1 aromatic carbocycles. The fourth-order valence-electron chi connectivity index (χ4n) is 2.04. The normalized spacial score (nSPS) is 12.6. The van der Waals surface area contributed by atoms with Crippen molar-refractivity contribution >= 4 is 27.3 Å². The fourth-order valence-corrected chi connectivity index (χ4v) is 3.59. The number of hydrogen-bond acceptors (Lipinski definition) is 2. The van der Waals surface area contributed by atoms with Crippen LogP contribution in [0, 0.1) is 12.7 Å². The van der Waals surface area contributed by atoms with E-state index in [1.807, 2.05) is 24.4 Å². The molecular formula is C15H17BrFNS. The van der Waals surface area contributed by atoms with Crippen LogP contribution >= 0.6 is 27.3 Å². The summed E-state index contributed by atoms with van der Waals surface area (Å²) in [6.45, 7) is 4.88. The number of aryl methyl sites for hydroxylation is 1. The van der Waals surface area contributed by atoms with E-state index in [1.165, 1.54) is 0 Å². The quantitative estimate of drug-likeness (QED) is 0.802. The molecule has 0 fully saturated rings. The first-order valence-corrected chi connectivity index (χ1v) is 8.08. The summed E-state index contributed by atoms with van der Waals surface area (Å²) in [6, 6.07) is 5.33. The van der Waals surface area contributed by atoms with Gasteiger partial charge in [0.25, 0.3) is 0 Å². The Hall–Kier alpha value is -0.710. The lowest BCUT2D eigenvalue weighted by Crippen LogP contribution is -2.24. The predicted molar refractivity (Wildman–Crippen MR) is 83.3 cm³/mol. The largest absolute Gasteiger partial charge is 0.306 e. The molecule has 0 aliphatic carbocycles. The second-order valence-corrected chi connectivity index (χ2v) is 6.19. The lowest BCUT2D eigenvalue weighted by atomic mass is 9.99. The molecule has 1 unspecified atom stereocenters. The lowest BCUT2D eigenvalue weighted by molar-refractivity contribution is 0.546. The first kappa shape index (κ1) is 14.7. The maximum absolute atomic E-state index is 14.2. The zero-order valence-corrected chi connectivity index (χ0v) is 13.4. The molecule has 4 heteroatoms. The molecule has 0 aliphatic rings. The van der Waals surface area contributed by atoms with Gasteiger partial charge in [-0.05, 0) is 58.4 Å². The average molecular weight is 342 g/mol. The first-order valence-electron chi connectivity index (χ1n) is 6.34. The molecule has 19 heavy (non-hydrogen) atoms. The number of rotatable bonds is 5. The molecule has 1 atom stereocenters. The second kappa shape index (κ2) is 6.64. The number of halogens is 2. The van der Waals surface area contributed by atoms with Gasteiger partial charge in [-0.3, -0.25) is 0 Å². The van der Waals surface area contributed by atoms with Gasteiger partial charge in [0.1, 0.15) is 5.82 Å². The molecule has 0 saturated carbocycles. The molecule has 1 aromatic heterocycles. The molecule has 2 rings (SSSR count). The smallest absolute Gasteiger partial charge is 0.128 e. The Morgan fingerprint density at radius 2 is 2.11 bits per heavy atom. The highest BCUT2D eigenvalue weighted by molar-refractivity contribution is 9.10. The standard InChI is InChI=1S/C15H17BrFNS/c1-3-6-18-15(12-8-19-9-13(12)16)11-5-4-10(2)7-14(11)17/h4-5,7-9,15,18H,3,6H2,1-2H3. The maximum atomic E-state index is 14.2. The van der Waals surface area contributed by atoms with Crippen molar-refractivity contribution in [1.29, 1.82) is 0 Å². The van der Waals surface area contributed by atoms with Gasteiger partial charge in [0.2, 0.25) is 0 Å². The average Bonchev–Trinajstić information content (AvgIpc) is 2.78. The third-order valence-electron chi connectivity index (χ3n) is 3.02. The van der Waals surface area contributed by atoms with Crippen molar-refractivity contribution in [3.05, 3.63) is 55.9 Å². The third kappa shape index (κ3) is 3.44. The summed E-state index contributed by atoms with van der Waals surface area (Å²) in [6.07, 6.45) is 1.02. The molecule has 1 nitrogen and oxygen atoms in total.